The lowest BCUT2D eigenvalue weighted by molar-refractivity contribution is 0.809. The van der Waals surface area contributed by atoms with Crippen LogP contribution in [0.2, 0.25) is 0 Å². The second-order valence-electron chi connectivity index (χ2n) is 6.58. The average molecular weight is 280 g/mol. The zero-order chi connectivity index (χ0) is 15.6. The number of rotatable bonds is 4. The van der Waals surface area contributed by atoms with Gasteiger partial charge in [0.25, 0.3) is 0 Å². The zero-order valence-electron chi connectivity index (χ0n) is 14.4. The second-order valence-corrected chi connectivity index (χ2v) is 6.58. The summed E-state index contributed by atoms with van der Waals surface area (Å²) in [5, 5.41) is 0. The van der Waals surface area contributed by atoms with Gasteiger partial charge in [0.15, 0.2) is 0 Å². The minimum atomic E-state index is 1.18. The van der Waals surface area contributed by atoms with Gasteiger partial charge in [0, 0.05) is 0 Å². The van der Waals surface area contributed by atoms with E-state index >= 15 is 0 Å². The van der Waals surface area contributed by atoms with Gasteiger partial charge in [-0.25, -0.2) is 0 Å². The highest BCUT2D eigenvalue weighted by atomic mass is 14.1. The summed E-state index contributed by atoms with van der Waals surface area (Å²) in [4.78, 5) is 0. The molecule has 21 heavy (non-hydrogen) atoms. The van der Waals surface area contributed by atoms with E-state index in [0.29, 0.717) is 0 Å². The third kappa shape index (κ3) is 3.75. The predicted molar refractivity (Wildman–Crippen MR) is 93.3 cm³/mol. The highest BCUT2D eigenvalue weighted by Gasteiger charge is 2.05. The molecule has 0 saturated heterocycles. The van der Waals surface area contributed by atoms with Crippen molar-refractivity contribution < 1.29 is 0 Å². The van der Waals surface area contributed by atoms with Crippen molar-refractivity contribution in [2.45, 2.75) is 60.8 Å². The van der Waals surface area contributed by atoms with Crippen molar-refractivity contribution in [2.24, 2.45) is 0 Å². The molecule has 0 atom stereocenters. The molecule has 0 nitrogen and oxygen atoms in total. The highest BCUT2D eigenvalue weighted by molar-refractivity contribution is 5.38. The van der Waals surface area contributed by atoms with E-state index in [0.717, 1.165) is 0 Å². The molecule has 0 N–H and O–H groups in total. The molecule has 0 saturated carbocycles. The second kappa shape index (κ2) is 6.47. The largest absolute Gasteiger partial charge is 0.0558 e. The molecule has 0 amide bonds. The Kier molecular flexibility index (Phi) is 4.88. The van der Waals surface area contributed by atoms with E-state index in [1.54, 1.807) is 0 Å². The molecular formula is C21H28. The monoisotopic (exact) mass is 280 g/mol. The topological polar surface area (TPSA) is 0 Å². The van der Waals surface area contributed by atoms with E-state index in [1.807, 2.05) is 0 Å². The van der Waals surface area contributed by atoms with Crippen LogP contribution in [-0.4, -0.2) is 0 Å². The summed E-state index contributed by atoms with van der Waals surface area (Å²) < 4.78 is 0. The molecule has 0 heteroatoms. The molecule has 0 fully saturated rings. The Labute approximate surface area is 130 Å². The van der Waals surface area contributed by atoms with E-state index < -0.39 is 0 Å². The fourth-order valence-corrected chi connectivity index (χ4v) is 3.05. The van der Waals surface area contributed by atoms with Gasteiger partial charge in [0.1, 0.15) is 0 Å². The molecule has 2 aromatic carbocycles. The Morgan fingerprint density at radius 1 is 0.476 bits per heavy atom. The standard InChI is InChI=1S/C21H28/c1-14-10-18(5)20(12-16(14)3)8-7-9-21-13-17(4)15(2)11-19(21)6/h10-13H,7-9H2,1-6H3. The first kappa shape index (κ1) is 15.8. The van der Waals surface area contributed by atoms with Crippen LogP contribution in [0.25, 0.3) is 0 Å². The zero-order valence-corrected chi connectivity index (χ0v) is 14.4. The fraction of sp³-hybridized carbons (Fsp3) is 0.429. The van der Waals surface area contributed by atoms with Crippen LogP contribution in [0, 0.1) is 41.5 Å². The summed E-state index contributed by atoms with van der Waals surface area (Å²) in [6.45, 7) is 13.3. The van der Waals surface area contributed by atoms with E-state index in [2.05, 4.69) is 65.8 Å². The minimum Gasteiger partial charge on any atom is -0.0558 e. The van der Waals surface area contributed by atoms with Gasteiger partial charge < -0.3 is 0 Å². The molecule has 0 spiro atoms. The number of aryl methyl sites for hydroxylation is 8. The fourth-order valence-electron chi connectivity index (χ4n) is 3.05. The quantitative estimate of drug-likeness (QED) is 0.672. The predicted octanol–water partition coefficient (Wildman–Crippen LogP) is 5.71. The lowest BCUT2D eigenvalue weighted by Gasteiger charge is -2.12. The van der Waals surface area contributed by atoms with E-state index in [1.165, 1.54) is 63.8 Å². The van der Waals surface area contributed by atoms with Crippen LogP contribution in [0.3, 0.4) is 0 Å². The van der Waals surface area contributed by atoms with Gasteiger partial charge in [0.2, 0.25) is 0 Å². The average Bonchev–Trinajstić information content (AvgIpc) is 2.41. The smallest absolute Gasteiger partial charge is 0.0273 e. The Hall–Kier alpha value is -1.56. The maximum absolute atomic E-state index is 2.37. The Morgan fingerprint density at radius 2 is 0.810 bits per heavy atom. The van der Waals surface area contributed by atoms with Crippen molar-refractivity contribution in [3.8, 4) is 0 Å². The van der Waals surface area contributed by atoms with Crippen molar-refractivity contribution >= 4 is 0 Å². The lowest BCUT2D eigenvalue weighted by Crippen LogP contribution is -1.98. The van der Waals surface area contributed by atoms with Crippen LogP contribution in [0.5, 0.6) is 0 Å². The van der Waals surface area contributed by atoms with Gasteiger partial charge in [-0.05, 0) is 105 Å². The highest BCUT2D eigenvalue weighted by Crippen LogP contribution is 2.20. The van der Waals surface area contributed by atoms with E-state index in [-0.39, 0.29) is 0 Å². The van der Waals surface area contributed by atoms with Gasteiger partial charge >= 0.3 is 0 Å². The van der Waals surface area contributed by atoms with Gasteiger partial charge in [-0.15, -0.1) is 0 Å². The third-order valence-electron chi connectivity index (χ3n) is 4.80. The molecule has 0 bridgehead atoms. The first-order valence-electron chi connectivity index (χ1n) is 8.02. The molecule has 0 aliphatic heterocycles. The summed E-state index contributed by atoms with van der Waals surface area (Å²) in [5.41, 5.74) is 11.5. The number of hydrogen-bond acceptors (Lipinski definition) is 0. The summed E-state index contributed by atoms with van der Waals surface area (Å²) in [6, 6.07) is 9.40. The molecule has 0 aromatic heterocycles. The number of benzene rings is 2. The SMILES string of the molecule is Cc1cc(C)c(CCCc2cc(C)c(C)cc2C)cc1C. The molecule has 0 radical (unpaired) electrons. The van der Waals surface area contributed by atoms with Crippen molar-refractivity contribution in [2.75, 3.05) is 0 Å². The molecule has 2 aromatic rings. The number of hydrogen-bond donors (Lipinski definition) is 0. The summed E-state index contributed by atoms with van der Waals surface area (Å²) >= 11 is 0. The van der Waals surface area contributed by atoms with Crippen molar-refractivity contribution in [1.29, 1.82) is 0 Å². The molecule has 0 unspecified atom stereocenters. The van der Waals surface area contributed by atoms with Crippen LogP contribution in [0.4, 0.5) is 0 Å². The first-order valence-corrected chi connectivity index (χ1v) is 8.02. The summed E-state index contributed by atoms with van der Waals surface area (Å²) in [6.07, 6.45) is 3.59. The Morgan fingerprint density at radius 3 is 1.19 bits per heavy atom. The van der Waals surface area contributed by atoms with Crippen molar-refractivity contribution in [1.82, 2.24) is 0 Å². The molecule has 0 aliphatic carbocycles. The van der Waals surface area contributed by atoms with Gasteiger partial charge in [-0.2, -0.15) is 0 Å². The molecular weight excluding hydrogens is 252 g/mol. The first-order chi connectivity index (χ1) is 9.88. The van der Waals surface area contributed by atoms with Crippen LogP contribution in [0.15, 0.2) is 24.3 Å². The maximum atomic E-state index is 2.37. The Bertz CT molecular complexity index is 590. The summed E-state index contributed by atoms with van der Waals surface area (Å²) in [5.74, 6) is 0. The maximum Gasteiger partial charge on any atom is -0.0273 e. The third-order valence-corrected chi connectivity index (χ3v) is 4.80. The van der Waals surface area contributed by atoms with E-state index in [4.69, 9.17) is 0 Å². The summed E-state index contributed by atoms with van der Waals surface area (Å²) in [7, 11) is 0. The van der Waals surface area contributed by atoms with Crippen LogP contribution < -0.4 is 0 Å². The van der Waals surface area contributed by atoms with Gasteiger partial charge in [-0.1, -0.05) is 24.3 Å². The van der Waals surface area contributed by atoms with Crippen LogP contribution in [-0.2, 0) is 12.8 Å². The van der Waals surface area contributed by atoms with Crippen LogP contribution in [0.1, 0.15) is 50.9 Å². The normalized spacial score (nSPS) is 11.0. The molecule has 112 valence electrons. The van der Waals surface area contributed by atoms with Crippen molar-refractivity contribution in [3.63, 3.8) is 0 Å². The van der Waals surface area contributed by atoms with E-state index in [9.17, 15) is 0 Å². The lowest BCUT2D eigenvalue weighted by atomic mass is 9.94. The van der Waals surface area contributed by atoms with Crippen molar-refractivity contribution in [3.05, 3.63) is 68.8 Å². The molecule has 0 aliphatic rings. The molecule has 0 heterocycles. The minimum absolute atomic E-state index is 1.18. The van der Waals surface area contributed by atoms with Gasteiger partial charge in [0.05, 0.1) is 0 Å². The molecule has 2 rings (SSSR count). The Balaban J connectivity index is 2.05. The van der Waals surface area contributed by atoms with Gasteiger partial charge in [-0.3, -0.25) is 0 Å². The van der Waals surface area contributed by atoms with Crippen LogP contribution >= 0.6 is 0 Å².